The molecule has 2 aliphatic carbocycles. The Morgan fingerprint density at radius 1 is 0.944 bits per heavy atom. The van der Waals surface area contributed by atoms with Crippen molar-refractivity contribution in [1.29, 1.82) is 0 Å². The smallest absolute Gasteiger partial charge is 0.132 e. The molecule has 4 N–H and O–H groups in total. The number of unbranched alkanes of at least 4 members (excludes halogenated alkanes) is 1. The Bertz CT molecular complexity index is 803. The highest BCUT2D eigenvalue weighted by Gasteiger charge is 2.41. The third-order valence-electron chi connectivity index (χ3n) is 8.60. The van der Waals surface area contributed by atoms with Crippen LogP contribution in [0.1, 0.15) is 75.3 Å². The highest BCUT2D eigenvalue weighted by Crippen LogP contribution is 2.41. The highest BCUT2D eigenvalue weighted by molar-refractivity contribution is 5.78. The maximum Gasteiger partial charge on any atom is 0.132 e. The molecule has 0 aliphatic heterocycles. The Kier molecular flexibility index (Phi) is 11.6. The number of carbonyl (C=O) groups excluding carboxylic acids is 1. The fraction of sp³-hybridized carbons (Fsp3) is 0.700. The summed E-state index contributed by atoms with van der Waals surface area (Å²) in [5.41, 5.74) is 1.92. The van der Waals surface area contributed by atoms with Crippen molar-refractivity contribution in [2.24, 2.45) is 23.2 Å². The second-order valence-corrected chi connectivity index (χ2v) is 11.2. The van der Waals surface area contributed by atoms with Crippen molar-refractivity contribution < 1.29 is 29.6 Å². The first-order chi connectivity index (χ1) is 17.4. The van der Waals surface area contributed by atoms with Gasteiger partial charge in [0.15, 0.2) is 0 Å². The molecule has 1 aromatic carbocycles. The molecule has 0 radical (unpaired) electrons. The molecule has 3 rings (SSSR count). The Labute approximate surface area is 215 Å². The molecule has 202 valence electrons. The Morgan fingerprint density at radius 2 is 1.61 bits per heavy atom. The molecule has 0 spiro atoms. The third kappa shape index (κ3) is 7.95. The van der Waals surface area contributed by atoms with E-state index >= 15 is 0 Å². The molecule has 1 aromatic rings. The molecular formula is C30H45FO5. The lowest BCUT2D eigenvalue weighted by Gasteiger charge is -2.26. The van der Waals surface area contributed by atoms with Crippen molar-refractivity contribution in [2.75, 3.05) is 19.8 Å². The number of carbonyl (C=O) groups is 1. The van der Waals surface area contributed by atoms with E-state index in [2.05, 4.69) is 24.3 Å². The molecule has 2 unspecified atom stereocenters. The lowest BCUT2D eigenvalue weighted by molar-refractivity contribution is -0.120. The van der Waals surface area contributed by atoms with Gasteiger partial charge < -0.3 is 20.4 Å². The van der Waals surface area contributed by atoms with E-state index in [0.717, 1.165) is 38.5 Å². The molecule has 36 heavy (non-hydrogen) atoms. The van der Waals surface area contributed by atoms with E-state index in [-0.39, 0.29) is 56.7 Å². The second-order valence-electron chi connectivity index (χ2n) is 11.2. The van der Waals surface area contributed by atoms with Gasteiger partial charge in [-0.15, -0.1) is 0 Å². The van der Waals surface area contributed by atoms with Crippen LogP contribution in [0.2, 0.25) is 0 Å². The van der Waals surface area contributed by atoms with Crippen LogP contribution < -0.4 is 0 Å². The number of benzene rings is 1. The molecule has 0 aromatic heterocycles. The van der Waals surface area contributed by atoms with Gasteiger partial charge in [-0.3, -0.25) is 4.79 Å². The quantitative estimate of drug-likeness (QED) is 0.198. The standard InChI is InChI=1S/C30H45FO5/c31-28-18-29(36)27(26(28)13-7-8-22-16-23-9-5-6-10-24(23)17-22)12-4-2-1-3-11-25(35)14-15-30(19-32,20-33)21-34/h2,4-6,9-10,22,26-29,32-34,36H,1,3,7-8,11-21H2/b4-2-/t26-,27-,28?,29?/m1/s1. The fourth-order valence-electron chi connectivity index (χ4n) is 6.06. The maximum absolute atomic E-state index is 14.7. The van der Waals surface area contributed by atoms with Gasteiger partial charge in [0.2, 0.25) is 0 Å². The number of alkyl halides is 1. The van der Waals surface area contributed by atoms with Gasteiger partial charge >= 0.3 is 0 Å². The van der Waals surface area contributed by atoms with Crippen molar-refractivity contribution in [2.45, 2.75) is 89.3 Å². The average Bonchev–Trinajstić information content (AvgIpc) is 3.42. The monoisotopic (exact) mass is 504 g/mol. The predicted octanol–water partition coefficient (Wildman–Crippen LogP) is 4.34. The van der Waals surface area contributed by atoms with Crippen molar-refractivity contribution >= 4 is 5.78 Å². The third-order valence-corrected chi connectivity index (χ3v) is 8.60. The number of allylic oxidation sites excluding steroid dienone is 2. The summed E-state index contributed by atoms with van der Waals surface area (Å²) in [4.78, 5) is 12.1. The van der Waals surface area contributed by atoms with Gasteiger partial charge in [-0.2, -0.15) is 0 Å². The molecule has 0 heterocycles. The van der Waals surface area contributed by atoms with Crippen molar-refractivity contribution in [3.8, 4) is 0 Å². The largest absolute Gasteiger partial charge is 0.396 e. The number of Topliss-reactive ketones (excluding diaryl/α,β-unsaturated/α-hetero) is 1. The van der Waals surface area contributed by atoms with E-state index in [1.807, 2.05) is 12.2 Å². The summed E-state index contributed by atoms with van der Waals surface area (Å²) in [6, 6.07) is 8.64. The minimum absolute atomic E-state index is 0.0396. The van der Waals surface area contributed by atoms with Gasteiger partial charge in [0.05, 0.1) is 25.9 Å². The molecule has 1 fully saturated rings. The van der Waals surface area contributed by atoms with Gasteiger partial charge in [0, 0.05) is 24.7 Å². The van der Waals surface area contributed by atoms with Crippen molar-refractivity contribution in [3.05, 3.63) is 47.5 Å². The van der Waals surface area contributed by atoms with E-state index in [0.29, 0.717) is 25.2 Å². The summed E-state index contributed by atoms with van der Waals surface area (Å²) in [7, 11) is 0. The molecule has 6 heteroatoms. The molecule has 0 amide bonds. The lowest BCUT2D eigenvalue weighted by atomic mass is 9.84. The second kappa shape index (κ2) is 14.4. The van der Waals surface area contributed by atoms with Crippen LogP contribution >= 0.6 is 0 Å². The van der Waals surface area contributed by atoms with Gasteiger partial charge in [0.25, 0.3) is 0 Å². The predicted molar refractivity (Wildman–Crippen MR) is 139 cm³/mol. The molecule has 0 saturated heterocycles. The molecule has 1 saturated carbocycles. The van der Waals surface area contributed by atoms with Crippen LogP contribution in [-0.2, 0) is 17.6 Å². The summed E-state index contributed by atoms with van der Waals surface area (Å²) in [6.45, 7) is -1.05. The number of hydrogen-bond donors (Lipinski definition) is 4. The zero-order valence-corrected chi connectivity index (χ0v) is 21.5. The van der Waals surface area contributed by atoms with Gasteiger partial charge in [-0.25, -0.2) is 4.39 Å². The number of aliphatic hydroxyl groups is 4. The van der Waals surface area contributed by atoms with Gasteiger partial charge in [0.1, 0.15) is 12.0 Å². The minimum Gasteiger partial charge on any atom is -0.396 e. The van der Waals surface area contributed by atoms with Crippen LogP contribution in [0.3, 0.4) is 0 Å². The molecule has 5 nitrogen and oxygen atoms in total. The SMILES string of the molecule is O=C(CCC/C=C\C[C@H]1C(O)CC(F)[C@@H]1CCCC1Cc2ccccc2C1)CCC(CO)(CO)CO. The maximum atomic E-state index is 14.7. The van der Waals surface area contributed by atoms with Crippen LogP contribution in [0.4, 0.5) is 4.39 Å². The number of fused-ring (bicyclic) bond motifs is 1. The molecule has 4 atom stereocenters. The molecule has 2 aliphatic rings. The van der Waals surface area contributed by atoms with Crippen LogP contribution in [0.25, 0.3) is 0 Å². The van der Waals surface area contributed by atoms with Crippen molar-refractivity contribution in [1.82, 2.24) is 0 Å². The Morgan fingerprint density at radius 3 is 2.25 bits per heavy atom. The Balaban J connectivity index is 1.33. The average molecular weight is 505 g/mol. The summed E-state index contributed by atoms with van der Waals surface area (Å²) in [5, 5.41) is 38.5. The number of hydrogen-bond acceptors (Lipinski definition) is 5. The van der Waals surface area contributed by atoms with E-state index in [4.69, 9.17) is 0 Å². The summed E-state index contributed by atoms with van der Waals surface area (Å²) >= 11 is 0. The molecule has 0 bridgehead atoms. The number of rotatable bonds is 16. The number of halogens is 1. The van der Waals surface area contributed by atoms with Gasteiger partial charge in [-0.05, 0) is 80.2 Å². The van der Waals surface area contributed by atoms with Crippen LogP contribution in [0.5, 0.6) is 0 Å². The first-order valence-corrected chi connectivity index (χ1v) is 13.8. The first kappa shape index (κ1) is 29.0. The lowest BCUT2D eigenvalue weighted by Crippen LogP contribution is -2.34. The van der Waals surface area contributed by atoms with Crippen LogP contribution in [0.15, 0.2) is 36.4 Å². The van der Waals surface area contributed by atoms with E-state index in [1.54, 1.807) is 0 Å². The first-order valence-electron chi connectivity index (χ1n) is 13.8. The van der Waals surface area contributed by atoms with Crippen molar-refractivity contribution in [3.63, 3.8) is 0 Å². The number of ketones is 1. The fourth-order valence-corrected chi connectivity index (χ4v) is 6.06. The van der Waals surface area contributed by atoms with E-state index < -0.39 is 17.7 Å². The van der Waals surface area contributed by atoms with Gasteiger partial charge in [-0.1, -0.05) is 42.8 Å². The van der Waals surface area contributed by atoms with Crippen LogP contribution in [-0.4, -0.2) is 58.3 Å². The molecular weight excluding hydrogens is 459 g/mol. The zero-order valence-electron chi connectivity index (χ0n) is 21.5. The normalized spacial score (nSPS) is 24.6. The minimum atomic E-state index is -0.995. The van der Waals surface area contributed by atoms with E-state index in [9.17, 15) is 29.6 Å². The highest BCUT2D eigenvalue weighted by atomic mass is 19.1. The van der Waals surface area contributed by atoms with E-state index in [1.165, 1.54) is 11.1 Å². The summed E-state index contributed by atoms with van der Waals surface area (Å²) in [6.07, 6.45) is 11.0. The topological polar surface area (TPSA) is 98.0 Å². The summed E-state index contributed by atoms with van der Waals surface area (Å²) < 4.78 is 14.7. The number of aliphatic hydroxyl groups excluding tert-OH is 4. The summed E-state index contributed by atoms with van der Waals surface area (Å²) in [5.74, 6) is 0.585. The van der Waals surface area contributed by atoms with Crippen LogP contribution in [0, 0.1) is 23.2 Å². The Hall–Kier alpha value is -1.60. The zero-order chi connectivity index (χ0) is 26.0.